The van der Waals surface area contributed by atoms with Crippen molar-refractivity contribution in [2.24, 2.45) is 0 Å². The first-order chi connectivity index (χ1) is 36.1. The monoisotopic (exact) mass is 1050 g/mol. The zero-order chi connectivity index (χ0) is 52.8. The van der Waals surface area contributed by atoms with Gasteiger partial charge < -0.3 is 14.4 Å². The number of hydrogen-bond donors (Lipinski definition) is 1. The average molecular weight is 1050 g/mol. The summed E-state index contributed by atoms with van der Waals surface area (Å²) in [6, 6.07) is 36.5. The van der Waals surface area contributed by atoms with Crippen LogP contribution in [0, 0.1) is 35.4 Å². The van der Waals surface area contributed by atoms with Crippen molar-refractivity contribution < 1.29 is 35.3 Å². The number of fused-ring (bicyclic) bond motifs is 2. The molecule has 10 rings (SSSR count). The third-order valence-corrected chi connectivity index (χ3v) is 16.2. The number of halogens is 2. The van der Waals surface area contributed by atoms with Gasteiger partial charge in [-0.1, -0.05) is 60.1 Å². The summed E-state index contributed by atoms with van der Waals surface area (Å²) in [6.45, 7) is 1.98. The van der Waals surface area contributed by atoms with Gasteiger partial charge in [0, 0.05) is 57.9 Å². The van der Waals surface area contributed by atoms with E-state index in [9.17, 15) is 36.3 Å². The van der Waals surface area contributed by atoms with Gasteiger partial charge in [-0.05, 0) is 113 Å². The molecule has 75 heavy (non-hydrogen) atoms. The summed E-state index contributed by atoms with van der Waals surface area (Å²) >= 11 is 6.17. The van der Waals surface area contributed by atoms with Crippen LogP contribution in [0.4, 0.5) is 16.0 Å². The Morgan fingerprint density at radius 2 is 1.45 bits per heavy atom. The lowest BCUT2D eigenvalue weighted by atomic mass is 9.86. The number of aryl methyl sites for hydroxylation is 1. The van der Waals surface area contributed by atoms with Gasteiger partial charge in [0.2, 0.25) is 0 Å². The molecule has 0 saturated heterocycles. The molecule has 1 N–H and O–H groups in total. The summed E-state index contributed by atoms with van der Waals surface area (Å²) in [4.78, 5) is 22.8. The van der Waals surface area contributed by atoms with Crippen LogP contribution in [-0.4, -0.2) is 60.5 Å². The van der Waals surface area contributed by atoms with Crippen LogP contribution in [0.5, 0.6) is 11.5 Å². The van der Waals surface area contributed by atoms with Crippen molar-refractivity contribution in [3.05, 3.63) is 197 Å². The number of methoxy groups -OCH3 is 2. The molecule has 1 aliphatic rings. The van der Waals surface area contributed by atoms with E-state index in [0.29, 0.717) is 61.6 Å². The maximum Gasteiger partial charge on any atom is 0.374 e. The Bertz CT molecular complexity index is 4140. The van der Waals surface area contributed by atoms with E-state index < -0.39 is 42.9 Å². The molecule has 4 heterocycles. The smallest absolute Gasteiger partial charge is 0.374 e. The minimum absolute atomic E-state index is 0.141. The molecule has 0 fully saturated rings. The third kappa shape index (κ3) is 9.11. The molecule has 0 saturated carbocycles. The maximum absolute atomic E-state index is 14.3. The molecule has 370 valence electrons. The minimum atomic E-state index is -5.48. The number of hydrogen-bond acceptors (Lipinski definition) is 14. The van der Waals surface area contributed by atoms with Crippen molar-refractivity contribution >= 4 is 60.4 Å². The fourth-order valence-electron chi connectivity index (χ4n) is 9.20. The lowest BCUT2D eigenvalue weighted by Gasteiger charge is -2.35. The number of nitriles is 2. The van der Waals surface area contributed by atoms with Crippen LogP contribution in [0.3, 0.4) is 0 Å². The van der Waals surface area contributed by atoms with Gasteiger partial charge in [0.15, 0.2) is 5.82 Å². The Kier molecular flexibility index (Phi) is 13.0. The SMILES string of the molecule is COc1cc(-c2ccc(F)c(Cl)c2)c(C#N)cc1-c1nc(-c2ccc3c(c2)C=CN(c2ccncn2)C3c2cc(C#N)c(-c3ccccc3C)cc2OC)cc2cc(S(=O)(=O)N(c3ccncn3)S(=O)(=O)O)ccc12. The van der Waals surface area contributed by atoms with E-state index in [1.54, 1.807) is 37.6 Å². The molecule has 0 aliphatic carbocycles. The fraction of sp³-hybridized carbons (Fsp3) is 0.0727. The summed E-state index contributed by atoms with van der Waals surface area (Å²) in [5, 5.41) is 21.6. The highest BCUT2D eigenvalue weighted by Gasteiger charge is 2.37. The zero-order valence-corrected chi connectivity index (χ0v) is 42.0. The molecular formula is C55H37ClFN9O7S2. The fourth-order valence-corrected chi connectivity index (χ4v) is 12.0. The highest BCUT2D eigenvalue weighted by Crippen LogP contribution is 2.46. The number of ether oxygens (including phenoxy) is 2. The van der Waals surface area contributed by atoms with Gasteiger partial charge in [-0.3, -0.25) is 4.55 Å². The second-order valence-corrected chi connectivity index (χ2v) is 20.6. The molecule has 0 amide bonds. The predicted molar refractivity (Wildman–Crippen MR) is 281 cm³/mol. The lowest BCUT2D eigenvalue weighted by Crippen LogP contribution is -2.37. The largest absolute Gasteiger partial charge is 0.496 e. The predicted octanol–water partition coefficient (Wildman–Crippen LogP) is 10.9. The number of sulfonamides is 1. The number of benzene rings is 6. The van der Waals surface area contributed by atoms with E-state index in [0.717, 1.165) is 46.9 Å². The number of pyridine rings is 1. The van der Waals surface area contributed by atoms with Gasteiger partial charge in [-0.25, -0.2) is 29.3 Å². The van der Waals surface area contributed by atoms with Crippen molar-refractivity contribution in [2.45, 2.75) is 17.9 Å². The van der Waals surface area contributed by atoms with Crippen molar-refractivity contribution in [2.75, 3.05) is 22.8 Å². The molecule has 6 aromatic carbocycles. The van der Waals surface area contributed by atoms with Gasteiger partial charge in [0.05, 0.1) is 64.8 Å². The Morgan fingerprint density at radius 1 is 0.733 bits per heavy atom. The molecule has 0 radical (unpaired) electrons. The highest BCUT2D eigenvalue weighted by molar-refractivity contribution is 8.07. The molecule has 1 aliphatic heterocycles. The average Bonchev–Trinajstić information content (AvgIpc) is 3.42. The first-order valence-electron chi connectivity index (χ1n) is 22.5. The number of anilines is 2. The molecule has 9 aromatic rings. The maximum atomic E-state index is 14.3. The van der Waals surface area contributed by atoms with E-state index in [4.69, 9.17) is 26.1 Å². The summed E-state index contributed by atoms with van der Waals surface area (Å²) in [6.07, 6.45) is 8.86. The van der Waals surface area contributed by atoms with Gasteiger partial charge in [0.25, 0.3) is 10.0 Å². The first-order valence-corrected chi connectivity index (χ1v) is 25.7. The van der Waals surface area contributed by atoms with Crippen LogP contribution < -0.4 is 18.1 Å². The summed E-state index contributed by atoms with van der Waals surface area (Å²) in [7, 11) is -7.60. The summed E-state index contributed by atoms with van der Waals surface area (Å²) in [5.74, 6) is 0.0168. The second-order valence-electron chi connectivity index (χ2n) is 16.9. The van der Waals surface area contributed by atoms with Crippen LogP contribution in [-0.2, 0) is 20.3 Å². The standard InChI is InChI=1S/C55H37ClFN9O7S2/c1-32-6-4-5-7-40(32)44-27-51(73-3)46(23-38(44)29-59)55-42-11-8-35(20-34(42)16-19-65(55)52-14-17-60-30-62-52)49-25-36-21-39(74(67,68)66(75(69,70)71)53-15-18-61-31-63-53)10-12-41(36)54(64-49)45-22-37(28-58)43(26-50(45)72-2)33-9-13-48(57)47(56)24-33/h4-27,30-31,55H,1-3H3,(H,69,70,71). The zero-order valence-electron chi connectivity index (χ0n) is 39.6. The van der Waals surface area contributed by atoms with Gasteiger partial charge in [-0.15, -0.1) is 3.71 Å². The van der Waals surface area contributed by atoms with Crippen LogP contribution in [0.2, 0.25) is 5.02 Å². The van der Waals surface area contributed by atoms with E-state index >= 15 is 0 Å². The Hall–Kier alpha value is -9.11. The molecule has 16 nitrogen and oxygen atoms in total. The van der Waals surface area contributed by atoms with Crippen LogP contribution in [0.15, 0.2) is 157 Å². The van der Waals surface area contributed by atoms with Crippen molar-refractivity contribution in [1.82, 2.24) is 24.9 Å². The number of nitrogens with zero attached hydrogens (tertiary/aromatic N) is 9. The molecule has 3 aromatic heterocycles. The lowest BCUT2D eigenvalue weighted by molar-refractivity contribution is 0.407. The van der Waals surface area contributed by atoms with Crippen LogP contribution >= 0.6 is 11.6 Å². The molecule has 20 heteroatoms. The Labute approximate surface area is 434 Å². The highest BCUT2D eigenvalue weighted by atomic mass is 35.5. The van der Waals surface area contributed by atoms with E-state index in [2.05, 4.69) is 32.1 Å². The first kappa shape index (κ1) is 49.5. The van der Waals surface area contributed by atoms with Gasteiger partial charge >= 0.3 is 10.3 Å². The van der Waals surface area contributed by atoms with E-state index in [1.807, 2.05) is 78.7 Å². The topological polar surface area (TPSA) is 225 Å². The third-order valence-electron chi connectivity index (χ3n) is 12.6. The minimum Gasteiger partial charge on any atom is -0.496 e. The molecular weight excluding hydrogens is 1020 g/mol. The second kappa shape index (κ2) is 19.7. The number of rotatable bonds is 12. The Balaban J connectivity index is 1.19. The van der Waals surface area contributed by atoms with Gasteiger partial charge in [-0.2, -0.15) is 27.4 Å². The molecule has 1 unspecified atom stereocenters. The van der Waals surface area contributed by atoms with Crippen LogP contribution in [0.1, 0.15) is 39.4 Å². The van der Waals surface area contributed by atoms with Crippen molar-refractivity contribution in [1.29, 1.82) is 10.5 Å². The Morgan fingerprint density at radius 3 is 2.13 bits per heavy atom. The summed E-state index contributed by atoms with van der Waals surface area (Å²) < 4.78 is 90.8. The number of aromatic nitrogens is 5. The van der Waals surface area contributed by atoms with Crippen molar-refractivity contribution in [3.63, 3.8) is 0 Å². The van der Waals surface area contributed by atoms with E-state index in [-0.39, 0.29) is 31.1 Å². The van der Waals surface area contributed by atoms with Crippen LogP contribution in [0.25, 0.3) is 61.6 Å². The molecule has 0 bridgehead atoms. The molecule has 0 spiro atoms. The van der Waals surface area contributed by atoms with Crippen molar-refractivity contribution in [3.8, 4) is 68.4 Å². The summed E-state index contributed by atoms with van der Waals surface area (Å²) in [5.41, 5.74) is 7.49. The molecule has 1 atom stereocenters. The van der Waals surface area contributed by atoms with Gasteiger partial charge in [0.1, 0.15) is 35.8 Å². The normalized spacial score (nSPS) is 13.2. The van der Waals surface area contributed by atoms with E-state index in [1.165, 1.54) is 43.8 Å². The quantitative estimate of drug-likeness (QED) is 0.112.